The van der Waals surface area contributed by atoms with Crippen molar-refractivity contribution in [3.05, 3.63) is 12.7 Å². The average Bonchev–Trinajstić information content (AvgIpc) is 2.79. The van der Waals surface area contributed by atoms with Crippen LogP contribution >= 0.6 is 0 Å². The minimum atomic E-state index is 0.191. The van der Waals surface area contributed by atoms with Crippen LogP contribution in [0.25, 0.3) is 0 Å². The van der Waals surface area contributed by atoms with E-state index >= 15 is 0 Å². The molecule has 16 heavy (non-hydrogen) atoms. The van der Waals surface area contributed by atoms with Crippen molar-refractivity contribution in [3.8, 4) is 6.01 Å². The first-order valence-corrected chi connectivity index (χ1v) is 5.30. The number of rotatable bonds is 4. The van der Waals surface area contributed by atoms with Crippen molar-refractivity contribution in [2.24, 2.45) is 0 Å². The normalized spacial score (nSPS) is 15.1. The number of hydrogen-bond donors (Lipinski definition) is 1. The molecule has 2 heterocycles. The summed E-state index contributed by atoms with van der Waals surface area (Å²) < 4.78 is 5.25. The Hall–Kier alpha value is -1.85. The predicted molar refractivity (Wildman–Crippen MR) is 61.4 cm³/mol. The highest BCUT2D eigenvalue weighted by atomic mass is 16.5. The van der Waals surface area contributed by atoms with Crippen LogP contribution in [0.2, 0.25) is 0 Å². The zero-order valence-corrected chi connectivity index (χ0v) is 9.09. The highest BCUT2D eigenvalue weighted by Crippen LogP contribution is 2.18. The third kappa shape index (κ3) is 2.39. The van der Waals surface area contributed by atoms with E-state index in [4.69, 9.17) is 10.5 Å². The predicted octanol–water partition coefficient (Wildman–Crippen LogP) is 0.619. The Labute approximate surface area is 94.2 Å². The molecule has 1 aromatic heterocycles. The average molecular weight is 221 g/mol. The molecule has 2 N–H and O–H groups in total. The lowest BCUT2D eigenvalue weighted by Gasteiger charge is -2.15. The summed E-state index contributed by atoms with van der Waals surface area (Å²) in [6, 6.07) is 0.259. The molecule has 0 aliphatic carbocycles. The van der Waals surface area contributed by atoms with Crippen LogP contribution in [0.4, 0.5) is 11.9 Å². The van der Waals surface area contributed by atoms with E-state index in [1.807, 2.05) is 0 Å². The van der Waals surface area contributed by atoms with Gasteiger partial charge in [0.1, 0.15) is 6.61 Å². The molecule has 1 aromatic rings. The van der Waals surface area contributed by atoms with Crippen LogP contribution < -0.4 is 15.4 Å². The summed E-state index contributed by atoms with van der Waals surface area (Å²) >= 11 is 0. The quantitative estimate of drug-likeness (QED) is 0.751. The Morgan fingerprint density at radius 1 is 1.31 bits per heavy atom. The van der Waals surface area contributed by atoms with Crippen molar-refractivity contribution in [1.29, 1.82) is 0 Å². The first-order chi connectivity index (χ1) is 7.79. The van der Waals surface area contributed by atoms with Crippen molar-refractivity contribution < 1.29 is 4.74 Å². The fourth-order valence-corrected chi connectivity index (χ4v) is 1.62. The molecule has 86 valence electrons. The van der Waals surface area contributed by atoms with E-state index < -0.39 is 0 Å². The van der Waals surface area contributed by atoms with Gasteiger partial charge in [-0.15, -0.1) is 0 Å². The van der Waals surface area contributed by atoms with Crippen LogP contribution in [-0.4, -0.2) is 34.6 Å². The molecule has 6 nitrogen and oxygen atoms in total. The second-order valence-corrected chi connectivity index (χ2v) is 3.57. The van der Waals surface area contributed by atoms with Crippen LogP contribution in [0.3, 0.4) is 0 Å². The standard InChI is InChI=1S/C10H15N5O/c1-2-7-16-10-13-8(11)12-9(14-10)15-5-3-4-6-15/h2H,1,3-7H2,(H2,11,12,13,14). The van der Waals surface area contributed by atoms with Crippen molar-refractivity contribution in [2.75, 3.05) is 30.3 Å². The lowest BCUT2D eigenvalue weighted by molar-refractivity contribution is 0.333. The summed E-state index contributed by atoms with van der Waals surface area (Å²) in [4.78, 5) is 14.3. The number of anilines is 2. The minimum Gasteiger partial charge on any atom is -0.459 e. The van der Waals surface area contributed by atoms with E-state index in [9.17, 15) is 0 Å². The van der Waals surface area contributed by atoms with Gasteiger partial charge in [-0.25, -0.2) is 0 Å². The molecule has 0 bridgehead atoms. The molecule has 1 aliphatic rings. The number of hydrogen-bond acceptors (Lipinski definition) is 6. The maximum Gasteiger partial charge on any atom is 0.323 e. The van der Waals surface area contributed by atoms with E-state index in [1.54, 1.807) is 6.08 Å². The molecule has 0 spiro atoms. The molecular weight excluding hydrogens is 206 g/mol. The van der Waals surface area contributed by atoms with Gasteiger partial charge in [0.05, 0.1) is 0 Å². The van der Waals surface area contributed by atoms with E-state index in [2.05, 4.69) is 26.4 Å². The lowest BCUT2D eigenvalue weighted by Crippen LogP contribution is -2.21. The minimum absolute atomic E-state index is 0.191. The Morgan fingerprint density at radius 2 is 2.06 bits per heavy atom. The monoisotopic (exact) mass is 221 g/mol. The molecule has 0 saturated carbocycles. The second-order valence-electron chi connectivity index (χ2n) is 3.57. The molecular formula is C10H15N5O. The van der Waals surface area contributed by atoms with Crippen LogP contribution in [0.5, 0.6) is 6.01 Å². The number of aromatic nitrogens is 3. The summed E-state index contributed by atoms with van der Waals surface area (Å²) in [5, 5.41) is 0. The van der Waals surface area contributed by atoms with E-state index in [0.29, 0.717) is 12.6 Å². The van der Waals surface area contributed by atoms with Crippen LogP contribution in [0, 0.1) is 0 Å². The van der Waals surface area contributed by atoms with Gasteiger partial charge in [-0.3, -0.25) is 0 Å². The molecule has 0 radical (unpaired) electrons. The number of nitrogens with zero attached hydrogens (tertiary/aromatic N) is 4. The maximum absolute atomic E-state index is 5.60. The second kappa shape index (κ2) is 4.78. The molecule has 6 heteroatoms. The number of nitrogen functional groups attached to an aromatic ring is 1. The first-order valence-electron chi connectivity index (χ1n) is 5.30. The Morgan fingerprint density at radius 3 is 2.75 bits per heavy atom. The summed E-state index contributed by atoms with van der Waals surface area (Å²) in [5.74, 6) is 0.792. The van der Waals surface area contributed by atoms with Gasteiger partial charge < -0.3 is 15.4 Å². The molecule has 1 saturated heterocycles. The fraction of sp³-hybridized carbons (Fsp3) is 0.500. The van der Waals surface area contributed by atoms with Gasteiger partial charge >= 0.3 is 6.01 Å². The van der Waals surface area contributed by atoms with Crippen molar-refractivity contribution in [3.63, 3.8) is 0 Å². The highest BCUT2D eigenvalue weighted by molar-refractivity contribution is 5.36. The topological polar surface area (TPSA) is 77.2 Å². The molecule has 2 rings (SSSR count). The zero-order valence-electron chi connectivity index (χ0n) is 9.09. The third-order valence-corrected chi connectivity index (χ3v) is 2.34. The maximum atomic E-state index is 5.60. The van der Waals surface area contributed by atoms with E-state index in [-0.39, 0.29) is 12.0 Å². The van der Waals surface area contributed by atoms with E-state index in [0.717, 1.165) is 25.9 Å². The van der Waals surface area contributed by atoms with E-state index in [1.165, 1.54) is 0 Å². The third-order valence-electron chi connectivity index (χ3n) is 2.34. The van der Waals surface area contributed by atoms with Gasteiger partial charge in [0.15, 0.2) is 0 Å². The van der Waals surface area contributed by atoms with Crippen LogP contribution in [-0.2, 0) is 0 Å². The van der Waals surface area contributed by atoms with Crippen LogP contribution in [0.1, 0.15) is 12.8 Å². The summed E-state index contributed by atoms with van der Waals surface area (Å²) in [6.07, 6.45) is 3.96. The summed E-state index contributed by atoms with van der Waals surface area (Å²) in [5.41, 5.74) is 5.60. The molecule has 0 atom stereocenters. The van der Waals surface area contributed by atoms with Gasteiger partial charge in [0, 0.05) is 13.1 Å². The molecule has 0 amide bonds. The van der Waals surface area contributed by atoms with Crippen LogP contribution in [0.15, 0.2) is 12.7 Å². The van der Waals surface area contributed by atoms with Gasteiger partial charge in [0.2, 0.25) is 11.9 Å². The fourth-order valence-electron chi connectivity index (χ4n) is 1.62. The number of ether oxygens (including phenoxy) is 1. The SMILES string of the molecule is C=CCOc1nc(N)nc(N2CCCC2)n1. The first kappa shape index (κ1) is 10.7. The van der Waals surface area contributed by atoms with Gasteiger partial charge in [-0.05, 0) is 12.8 Å². The molecule has 0 aromatic carbocycles. The zero-order chi connectivity index (χ0) is 11.4. The molecule has 1 fully saturated rings. The van der Waals surface area contributed by atoms with Crippen molar-refractivity contribution in [2.45, 2.75) is 12.8 Å². The lowest BCUT2D eigenvalue weighted by atomic mass is 10.4. The number of nitrogens with two attached hydrogens (primary N) is 1. The smallest absolute Gasteiger partial charge is 0.323 e. The Balaban J connectivity index is 2.17. The van der Waals surface area contributed by atoms with Gasteiger partial charge in [0.25, 0.3) is 0 Å². The summed E-state index contributed by atoms with van der Waals surface area (Å²) in [6.45, 7) is 5.85. The largest absolute Gasteiger partial charge is 0.459 e. The summed E-state index contributed by atoms with van der Waals surface area (Å²) in [7, 11) is 0. The molecule has 1 aliphatic heterocycles. The molecule has 0 unspecified atom stereocenters. The highest BCUT2D eigenvalue weighted by Gasteiger charge is 2.16. The van der Waals surface area contributed by atoms with Gasteiger partial charge in [-0.2, -0.15) is 15.0 Å². The van der Waals surface area contributed by atoms with Gasteiger partial charge in [-0.1, -0.05) is 12.7 Å². The Bertz CT molecular complexity index is 375. The van der Waals surface area contributed by atoms with Crippen molar-refractivity contribution in [1.82, 2.24) is 15.0 Å². The Kier molecular flexibility index (Phi) is 3.19. The van der Waals surface area contributed by atoms with Crippen molar-refractivity contribution >= 4 is 11.9 Å².